The summed E-state index contributed by atoms with van der Waals surface area (Å²) >= 11 is 0. The fourth-order valence-corrected chi connectivity index (χ4v) is 4.64. The first-order valence-corrected chi connectivity index (χ1v) is 11.7. The van der Waals surface area contributed by atoms with E-state index in [2.05, 4.69) is 25.8 Å². The third-order valence-electron chi connectivity index (χ3n) is 6.44. The van der Waals surface area contributed by atoms with Gasteiger partial charge in [-0.05, 0) is 68.7 Å². The van der Waals surface area contributed by atoms with E-state index in [0.29, 0.717) is 35.1 Å². The van der Waals surface area contributed by atoms with E-state index in [4.69, 9.17) is 4.84 Å². The summed E-state index contributed by atoms with van der Waals surface area (Å²) in [6, 6.07) is 6.62. The van der Waals surface area contributed by atoms with E-state index < -0.39 is 0 Å². The van der Waals surface area contributed by atoms with Crippen LogP contribution in [0.15, 0.2) is 29.4 Å². The van der Waals surface area contributed by atoms with E-state index in [9.17, 15) is 14.0 Å². The number of benzene rings is 1. The van der Waals surface area contributed by atoms with Gasteiger partial charge in [-0.2, -0.15) is 0 Å². The Balaban J connectivity index is 1.36. The summed E-state index contributed by atoms with van der Waals surface area (Å²) in [6.45, 7) is 5.24. The van der Waals surface area contributed by atoms with Crippen LogP contribution in [-0.4, -0.2) is 39.6 Å². The van der Waals surface area contributed by atoms with Crippen molar-refractivity contribution < 1.29 is 18.8 Å². The monoisotopic (exact) mass is 467 g/mol. The lowest BCUT2D eigenvalue weighted by Gasteiger charge is -2.31. The number of hydrogen-bond donors (Lipinski definition) is 2. The Morgan fingerprint density at radius 2 is 1.88 bits per heavy atom. The van der Waals surface area contributed by atoms with Gasteiger partial charge in [0.25, 0.3) is 5.91 Å². The molecule has 2 amide bonds. The highest BCUT2D eigenvalue weighted by Crippen LogP contribution is 2.33. The number of nitrogens with zero attached hydrogens (tertiary/aromatic N) is 3. The standard InChI is InChI=1S/C25H30FN5O3/c1-14-10-17(4-9-20(14)26)13-27-25(33)23-11-21(28-15(2)29-23)22-12-24(34-31-22)18-5-7-19(8-6-18)30-16(3)32/h4,9-11,18-19,24H,5-8,12-13H2,1-3H3,(H,27,33)(H,30,32)/t18?,19?,24-/m0/s1. The number of aryl methyl sites for hydroxylation is 2. The molecule has 1 aromatic carbocycles. The Morgan fingerprint density at radius 1 is 1.12 bits per heavy atom. The zero-order chi connectivity index (χ0) is 24.2. The van der Waals surface area contributed by atoms with E-state index in [0.717, 1.165) is 31.2 Å². The van der Waals surface area contributed by atoms with Crippen molar-refractivity contribution in [1.29, 1.82) is 0 Å². The molecule has 1 saturated carbocycles. The van der Waals surface area contributed by atoms with Crippen LogP contribution in [0.25, 0.3) is 0 Å². The van der Waals surface area contributed by atoms with Crippen molar-refractivity contribution in [3.63, 3.8) is 0 Å². The van der Waals surface area contributed by atoms with Gasteiger partial charge in [0, 0.05) is 25.9 Å². The molecule has 1 atom stereocenters. The van der Waals surface area contributed by atoms with Crippen LogP contribution in [0.3, 0.4) is 0 Å². The first kappa shape index (κ1) is 23.8. The van der Waals surface area contributed by atoms with Crippen LogP contribution >= 0.6 is 0 Å². The Labute approximate surface area is 198 Å². The maximum atomic E-state index is 13.5. The lowest BCUT2D eigenvalue weighted by molar-refractivity contribution is -0.120. The highest BCUT2D eigenvalue weighted by molar-refractivity contribution is 6.01. The smallest absolute Gasteiger partial charge is 0.270 e. The van der Waals surface area contributed by atoms with E-state index in [1.54, 1.807) is 39.0 Å². The van der Waals surface area contributed by atoms with Crippen LogP contribution in [0, 0.1) is 25.6 Å². The third-order valence-corrected chi connectivity index (χ3v) is 6.44. The summed E-state index contributed by atoms with van der Waals surface area (Å²) in [5.74, 6) is 0.252. The largest absolute Gasteiger partial charge is 0.391 e. The minimum absolute atomic E-state index is 0.0120. The van der Waals surface area contributed by atoms with Crippen molar-refractivity contribution >= 4 is 17.5 Å². The number of carbonyl (C=O) groups excluding carboxylic acids is 2. The summed E-state index contributed by atoms with van der Waals surface area (Å²) in [5.41, 5.74) is 2.89. The average Bonchev–Trinajstić information content (AvgIpc) is 3.30. The first-order valence-electron chi connectivity index (χ1n) is 11.7. The molecule has 4 rings (SSSR count). The third kappa shape index (κ3) is 5.76. The summed E-state index contributed by atoms with van der Waals surface area (Å²) < 4.78 is 13.5. The molecule has 1 aliphatic heterocycles. The SMILES string of the molecule is CC(=O)NC1CCC([C@@H]2CC(c3cc(C(=O)NCc4ccc(F)c(C)c4)nc(C)n3)=NO2)CC1. The number of oxime groups is 1. The molecule has 1 fully saturated rings. The zero-order valence-corrected chi connectivity index (χ0v) is 19.7. The minimum Gasteiger partial charge on any atom is -0.391 e. The molecule has 1 aliphatic carbocycles. The molecule has 0 saturated heterocycles. The maximum absolute atomic E-state index is 13.5. The normalized spacial score (nSPS) is 22.0. The van der Waals surface area contributed by atoms with Gasteiger partial charge in [0.15, 0.2) is 0 Å². The molecule has 9 heteroatoms. The number of rotatable bonds is 6. The highest BCUT2D eigenvalue weighted by Gasteiger charge is 2.34. The predicted molar refractivity (Wildman–Crippen MR) is 125 cm³/mol. The molecule has 0 unspecified atom stereocenters. The van der Waals surface area contributed by atoms with E-state index in [1.165, 1.54) is 6.07 Å². The van der Waals surface area contributed by atoms with Crippen molar-refractivity contribution in [2.75, 3.05) is 0 Å². The van der Waals surface area contributed by atoms with Crippen molar-refractivity contribution in [2.24, 2.45) is 11.1 Å². The topological polar surface area (TPSA) is 106 Å². The van der Waals surface area contributed by atoms with E-state index in [-0.39, 0.29) is 42.0 Å². The number of hydrogen-bond acceptors (Lipinski definition) is 6. The quantitative estimate of drug-likeness (QED) is 0.678. The van der Waals surface area contributed by atoms with Gasteiger partial charge >= 0.3 is 0 Å². The van der Waals surface area contributed by atoms with Crippen molar-refractivity contribution in [2.45, 2.75) is 71.6 Å². The molecule has 0 spiro atoms. The molecule has 8 nitrogen and oxygen atoms in total. The predicted octanol–water partition coefficient (Wildman–Crippen LogP) is 3.35. The first-order chi connectivity index (χ1) is 16.3. The second-order valence-electron chi connectivity index (χ2n) is 9.15. The average molecular weight is 468 g/mol. The number of aromatic nitrogens is 2. The van der Waals surface area contributed by atoms with E-state index >= 15 is 0 Å². The molecule has 0 radical (unpaired) electrons. The summed E-state index contributed by atoms with van der Waals surface area (Å²) in [7, 11) is 0. The maximum Gasteiger partial charge on any atom is 0.270 e. The van der Waals surface area contributed by atoms with E-state index in [1.807, 2.05) is 0 Å². The molecule has 2 heterocycles. The summed E-state index contributed by atoms with van der Waals surface area (Å²) in [5, 5.41) is 10.1. The summed E-state index contributed by atoms with van der Waals surface area (Å²) in [4.78, 5) is 38.5. The highest BCUT2D eigenvalue weighted by atomic mass is 19.1. The Kier molecular flexibility index (Phi) is 7.19. The molecule has 2 aliphatic rings. The molecular formula is C25H30FN5O3. The van der Waals surface area contributed by atoms with Gasteiger partial charge in [0.2, 0.25) is 5.91 Å². The lowest BCUT2D eigenvalue weighted by Crippen LogP contribution is -2.38. The van der Waals surface area contributed by atoms with Crippen molar-refractivity contribution in [3.05, 3.63) is 58.4 Å². The lowest BCUT2D eigenvalue weighted by atomic mass is 9.81. The van der Waals surface area contributed by atoms with Gasteiger partial charge in [-0.25, -0.2) is 14.4 Å². The number of halogens is 1. The Bertz CT molecular complexity index is 1110. The van der Waals surface area contributed by atoms with Crippen molar-refractivity contribution in [1.82, 2.24) is 20.6 Å². The van der Waals surface area contributed by atoms with Crippen molar-refractivity contribution in [3.8, 4) is 0 Å². The number of nitrogens with one attached hydrogen (secondary N) is 2. The second kappa shape index (κ2) is 10.3. The zero-order valence-electron chi connectivity index (χ0n) is 19.7. The van der Waals surface area contributed by atoms with Crippen LogP contribution in [0.1, 0.15) is 72.2 Å². The van der Waals surface area contributed by atoms with Crippen LogP contribution in [0.2, 0.25) is 0 Å². The molecule has 1 aromatic heterocycles. The van der Waals surface area contributed by atoms with Crippen LogP contribution in [-0.2, 0) is 16.2 Å². The molecular weight excluding hydrogens is 437 g/mol. The Morgan fingerprint density at radius 3 is 2.59 bits per heavy atom. The summed E-state index contributed by atoms with van der Waals surface area (Å²) in [6.07, 6.45) is 4.41. The van der Waals surface area contributed by atoms with Crippen LogP contribution < -0.4 is 10.6 Å². The molecule has 2 aromatic rings. The van der Waals surface area contributed by atoms with Gasteiger partial charge < -0.3 is 15.5 Å². The number of amides is 2. The second-order valence-corrected chi connectivity index (χ2v) is 9.15. The minimum atomic E-state index is -0.332. The molecule has 34 heavy (non-hydrogen) atoms. The van der Waals surface area contributed by atoms with Gasteiger partial charge in [-0.3, -0.25) is 9.59 Å². The molecule has 180 valence electrons. The number of carbonyl (C=O) groups is 2. The van der Waals surface area contributed by atoms with Gasteiger partial charge in [-0.1, -0.05) is 17.3 Å². The van der Waals surface area contributed by atoms with Gasteiger partial charge in [0.05, 0.1) is 5.69 Å². The van der Waals surface area contributed by atoms with Gasteiger partial charge in [-0.15, -0.1) is 0 Å². The molecule has 0 bridgehead atoms. The fourth-order valence-electron chi connectivity index (χ4n) is 4.64. The molecule has 2 N–H and O–H groups in total. The van der Waals surface area contributed by atoms with Gasteiger partial charge in [0.1, 0.15) is 29.2 Å². The van der Waals surface area contributed by atoms with Crippen LogP contribution in [0.5, 0.6) is 0 Å². The van der Waals surface area contributed by atoms with Crippen LogP contribution in [0.4, 0.5) is 4.39 Å². The Hall–Kier alpha value is -3.36. The fraction of sp³-hybridized carbons (Fsp3) is 0.480.